The number of anilines is 1. The quantitative estimate of drug-likeness (QED) is 0.875. The Hall–Kier alpha value is -1.11. The molecule has 1 aromatic rings. The van der Waals surface area contributed by atoms with Crippen molar-refractivity contribution in [2.45, 2.75) is 18.2 Å². The minimum atomic E-state index is -3.29. The van der Waals surface area contributed by atoms with Gasteiger partial charge in [-0.05, 0) is 18.1 Å². The first-order chi connectivity index (χ1) is 9.00. The number of nitrogens with zero attached hydrogens (tertiary/aromatic N) is 1. The number of ether oxygens (including phenoxy) is 1. The molecule has 0 aromatic heterocycles. The summed E-state index contributed by atoms with van der Waals surface area (Å²) in [5, 5.41) is -0.418. The van der Waals surface area contributed by atoms with Crippen molar-refractivity contribution in [2.75, 3.05) is 32.2 Å². The van der Waals surface area contributed by atoms with Gasteiger partial charge >= 0.3 is 0 Å². The lowest BCUT2D eigenvalue weighted by atomic mass is 10.1. The van der Waals surface area contributed by atoms with E-state index in [-0.39, 0.29) is 0 Å². The van der Waals surface area contributed by atoms with E-state index in [9.17, 15) is 8.42 Å². The van der Waals surface area contributed by atoms with E-state index in [0.29, 0.717) is 26.2 Å². The fourth-order valence-corrected chi connectivity index (χ4v) is 3.42. The number of para-hydroxylation sites is 1. The van der Waals surface area contributed by atoms with Crippen LogP contribution in [-0.2, 0) is 21.3 Å². The van der Waals surface area contributed by atoms with Gasteiger partial charge in [-0.2, -0.15) is 0 Å². The molecule has 0 saturated carbocycles. The van der Waals surface area contributed by atoms with Crippen LogP contribution in [0.4, 0.5) is 5.69 Å². The topological polar surface area (TPSA) is 58.6 Å². The zero-order valence-electron chi connectivity index (χ0n) is 11.3. The highest BCUT2D eigenvalue weighted by Crippen LogP contribution is 2.19. The van der Waals surface area contributed by atoms with Gasteiger partial charge in [0.25, 0.3) is 0 Å². The maximum atomic E-state index is 12.1. The first-order valence-corrected chi connectivity index (χ1v) is 7.87. The summed E-state index contributed by atoms with van der Waals surface area (Å²) in [4.78, 5) is 1.97. The van der Waals surface area contributed by atoms with Crippen molar-refractivity contribution in [1.82, 2.24) is 4.72 Å². The fraction of sp³-hybridized carbons (Fsp3) is 0.538. The molecule has 1 aromatic carbocycles. The Bertz CT molecular complexity index is 522. The first-order valence-electron chi connectivity index (χ1n) is 6.32. The smallest absolute Gasteiger partial charge is 0.217 e. The van der Waals surface area contributed by atoms with E-state index in [1.54, 1.807) is 0 Å². The third-order valence-corrected chi connectivity index (χ3v) is 5.06. The molecule has 0 spiro atoms. The number of nitrogens with one attached hydrogen (secondary N) is 1. The molecule has 1 aliphatic rings. The van der Waals surface area contributed by atoms with Crippen LogP contribution in [0.1, 0.15) is 12.0 Å². The largest absolute Gasteiger partial charge is 0.380 e. The van der Waals surface area contributed by atoms with Crippen LogP contribution in [0.25, 0.3) is 0 Å². The summed E-state index contributed by atoms with van der Waals surface area (Å²) >= 11 is 0. The van der Waals surface area contributed by atoms with Gasteiger partial charge in [0, 0.05) is 32.9 Å². The molecule has 1 atom stereocenters. The Balaban J connectivity index is 2.06. The van der Waals surface area contributed by atoms with Crippen LogP contribution in [0.2, 0.25) is 0 Å². The standard InChI is InChI=1S/C13H20N2O3S/c1-15(2)13-6-4-3-5-11(13)9-14-19(16,17)12-7-8-18-10-12/h3-6,12,14H,7-10H2,1-2H3. The number of rotatable bonds is 5. The van der Waals surface area contributed by atoms with Gasteiger partial charge in [-0.3, -0.25) is 0 Å². The highest BCUT2D eigenvalue weighted by atomic mass is 32.2. The zero-order chi connectivity index (χ0) is 13.9. The molecule has 6 heteroatoms. The molecule has 1 unspecified atom stereocenters. The van der Waals surface area contributed by atoms with Gasteiger partial charge in [0.05, 0.1) is 6.61 Å². The fourth-order valence-electron chi connectivity index (χ4n) is 2.15. The molecule has 1 N–H and O–H groups in total. The lowest BCUT2D eigenvalue weighted by Crippen LogP contribution is -2.34. The van der Waals surface area contributed by atoms with Crippen LogP contribution in [-0.4, -0.2) is 41.0 Å². The summed E-state index contributed by atoms with van der Waals surface area (Å²) in [5.41, 5.74) is 1.99. The van der Waals surface area contributed by atoms with E-state index in [0.717, 1.165) is 11.3 Å². The highest BCUT2D eigenvalue weighted by Gasteiger charge is 2.29. The normalized spacial score (nSPS) is 19.6. The van der Waals surface area contributed by atoms with Crippen molar-refractivity contribution in [2.24, 2.45) is 0 Å². The first kappa shape index (κ1) is 14.3. The number of benzene rings is 1. The second-order valence-corrected chi connectivity index (χ2v) is 6.92. The molecule has 0 bridgehead atoms. The van der Waals surface area contributed by atoms with Crippen LogP contribution in [0.15, 0.2) is 24.3 Å². The molecule has 0 aliphatic carbocycles. The number of hydrogen-bond acceptors (Lipinski definition) is 4. The molecule has 1 aliphatic heterocycles. The van der Waals surface area contributed by atoms with E-state index in [4.69, 9.17) is 4.74 Å². The molecule has 106 valence electrons. The third kappa shape index (κ3) is 3.46. The summed E-state index contributed by atoms with van der Waals surface area (Å²) in [6, 6.07) is 7.76. The zero-order valence-corrected chi connectivity index (χ0v) is 12.1. The maximum Gasteiger partial charge on any atom is 0.217 e. The molecule has 0 amide bonds. The molecule has 0 radical (unpaired) electrons. The summed E-state index contributed by atoms with van der Waals surface area (Å²) in [7, 11) is 0.591. The van der Waals surface area contributed by atoms with Crippen molar-refractivity contribution in [3.63, 3.8) is 0 Å². The number of sulfonamides is 1. The van der Waals surface area contributed by atoms with Gasteiger partial charge < -0.3 is 9.64 Å². The SMILES string of the molecule is CN(C)c1ccccc1CNS(=O)(=O)C1CCOC1. The molecule has 1 saturated heterocycles. The van der Waals surface area contributed by atoms with Gasteiger partial charge in [0.1, 0.15) is 5.25 Å². The predicted molar refractivity (Wildman–Crippen MR) is 75.8 cm³/mol. The van der Waals surface area contributed by atoms with Gasteiger partial charge in [0.15, 0.2) is 0 Å². The van der Waals surface area contributed by atoms with Gasteiger partial charge in [-0.15, -0.1) is 0 Å². The molecule has 19 heavy (non-hydrogen) atoms. The summed E-state index contributed by atoms with van der Waals surface area (Å²) in [6.07, 6.45) is 0.574. The monoisotopic (exact) mass is 284 g/mol. The maximum absolute atomic E-state index is 12.1. The molecule has 1 fully saturated rings. The van der Waals surface area contributed by atoms with Crippen LogP contribution >= 0.6 is 0 Å². The Labute approximate surface area is 114 Å². The predicted octanol–water partition coefficient (Wildman–Crippen LogP) is 0.961. The Kier molecular flexibility index (Phi) is 4.44. The summed E-state index contributed by atoms with van der Waals surface area (Å²) in [5.74, 6) is 0. The minimum absolute atomic E-state index is 0.296. The van der Waals surface area contributed by atoms with E-state index in [1.807, 2.05) is 43.3 Å². The van der Waals surface area contributed by atoms with Crippen LogP contribution in [0.5, 0.6) is 0 Å². The molecule has 1 heterocycles. The van der Waals surface area contributed by atoms with Crippen molar-refractivity contribution in [3.05, 3.63) is 29.8 Å². The number of hydrogen-bond donors (Lipinski definition) is 1. The molecular formula is C13H20N2O3S. The average Bonchev–Trinajstić information content (AvgIpc) is 2.91. The van der Waals surface area contributed by atoms with Crippen LogP contribution in [0, 0.1) is 0 Å². The minimum Gasteiger partial charge on any atom is -0.380 e. The third-order valence-electron chi connectivity index (χ3n) is 3.26. The van der Waals surface area contributed by atoms with E-state index in [1.165, 1.54) is 0 Å². The van der Waals surface area contributed by atoms with Crippen molar-refractivity contribution in [1.29, 1.82) is 0 Å². The Morgan fingerprint density at radius 1 is 1.37 bits per heavy atom. The van der Waals surface area contributed by atoms with Gasteiger partial charge in [0.2, 0.25) is 10.0 Å². The average molecular weight is 284 g/mol. The van der Waals surface area contributed by atoms with E-state index >= 15 is 0 Å². The summed E-state index contributed by atoms with van der Waals surface area (Å²) in [6.45, 7) is 1.14. The van der Waals surface area contributed by atoms with Gasteiger partial charge in [-0.25, -0.2) is 13.1 Å². The van der Waals surface area contributed by atoms with E-state index < -0.39 is 15.3 Å². The van der Waals surface area contributed by atoms with Crippen LogP contribution in [0.3, 0.4) is 0 Å². The van der Waals surface area contributed by atoms with E-state index in [2.05, 4.69) is 4.72 Å². The molecular weight excluding hydrogens is 264 g/mol. The lowest BCUT2D eigenvalue weighted by Gasteiger charge is -2.18. The highest BCUT2D eigenvalue weighted by molar-refractivity contribution is 7.90. The molecule has 2 rings (SSSR count). The Morgan fingerprint density at radius 3 is 2.74 bits per heavy atom. The lowest BCUT2D eigenvalue weighted by molar-refractivity contribution is 0.198. The van der Waals surface area contributed by atoms with Gasteiger partial charge in [-0.1, -0.05) is 18.2 Å². The molecule has 5 nitrogen and oxygen atoms in total. The Morgan fingerprint density at radius 2 is 2.11 bits per heavy atom. The van der Waals surface area contributed by atoms with Crippen molar-refractivity contribution < 1.29 is 13.2 Å². The van der Waals surface area contributed by atoms with Crippen molar-refractivity contribution in [3.8, 4) is 0 Å². The second-order valence-electron chi connectivity index (χ2n) is 4.87. The summed E-state index contributed by atoms with van der Waals surface area (Å²) < 4.78 is 32.0. The van der Waals surface area contributed by atoms with Crippen LogP contribution < -0.4 is 9.62 Å². The second kappa shape index (κ2) is 5.90. The van der Waals surface area contributed by atoms with Crippen molar-refractivity contribution >= 4 is 15.7 Å².